The first kappa shape index (κ1) is 12.8. The van der Waals surface area contributed by atoms with E-state index in [1.807, 2.05) is 0 Å². The lowest BCUT2D eigenvalue weighted by atomic mass is 9.92. The lowest BCUT2D eigenvalue weighted by Gasteiger charge is -2.38. The summed E-state index contributed by atoms with van der Waals surface area (Å²) in [7, 11) is 0. The molecule has 0 bridgehead atoms. The quantitative estimate of drug-likeness (QED) is 0.706. The zero-order valence-corrected chi connectivity index (χ0v) is 11.8. The number of piperidine rings is 1. The van der Waals surface area contributed by atoms with Gasteiger partial charge in [-0.1, -0.05) is 13.0 Å². The van der Waals surface area contributed by atoms with E-state index < -0.39 is 0 Å². The summed E-state index contributed by atoms with van der Waals surface area (Å²) in [5.74, 6) is 1.48. The van der Waals surface area contributed by atoms with E-state index in [9.17, 15) is 0 Å². The first-order valence-corrected chi connectivity index (χ1v) is 7.07. The van der Waals surface area contributed by atoms with Crippen molar-refractivity contribution in [1.82, 2.24) is 0 Å². The minimum atomic E-state index is 0.610. The third-order valence-corrected chi connectivity index (χ3v) is 4.23. The SMILES string of the molecule is Cc1cc(N2CCC(C)CC2C)ccc1CCl. The van der Waals surface area contributed by atoms with Crippen LogP contribution in [0.5, 0.6) is 0 Å². The van der Waals surface area contributed by atoms with Gasteiger partial charge >= 0.3 is 0 Å². The van der Waals surface area contributed by atoms with Crippen molar-refractivity contribution in [1.29, 1.82) is 0 Å². The van der Waals surface area contributed by atoms with E-state index in [4.69, 9.17) is 11.6 Å². The molecule has 1 fully saturated rings. The second-order valence-electron chi connectivity index (χ2n) is 5.42. The van der Waals surface area contributed by atoms with Crippen molar-refractivity contribution >= 4 is 17.3 Å². The first-order valence-electron chi connectivity index (χ1n) is 6.54. The second kappa shape index (κ2) is 5.30. The number of rotatable bonds is 2. The van der Waals surface area contributed by atoms with Crippen molar-refractivity contribution in [3.05, 3.63) is 29.3 Å². The van der Waals surface area contributed by atoms with E-state index in [1.165, 1.54) is 36.2 Å². The van der Waals surface area contributed by atoms with E-state index >= 15 is 0 Å². The number of alkyl halides is 1. The Hall–Kier alpha value is -0.690. The van der Waals surface area contributed by atoms with Crippen molar-refractivity contribution in [3.8, 4) is 0 Å². The fourth-order valence-electron chi connectivity index (χ4n) is 2.80. The van der Waals surface area contributed by atoms with Crippen LogP contribution in [0.25, 0.3) is 0 Å². The fourth-order valence-corrected chi connectivity index (χ4v) is 3.10. The largest absolute Gasteiger partial charge is 0.369 e. The summed E-state index contributed by atoms with van der Waals surface area (Å²) in [6, 6.07) is 7.32. The van der Waals surface area contributed by atoms with Gasteiger partial charge in [-0.3, -0.25) is 0 Å². The summed E-state index contributed by atoms with van der Waals surface area (Å²) in [5.41, 5.74) is 3.91. The molecule has 2 heteroatoms. The van der Waals surface area contributed by atoms with Crippen molar-refractivity contribution in [2.75, 3.05) is 11.4 Å². The number of hydrogen-bond acceptors (Lipinski definition) is 1. The molecule has 2 unspecified atom stereocenters. The molecule has 1 aliphatic heterocycles. The van der Waals surface area contributed by atoms with E-state index in [0.717, 1.165) is 5.92 Å². The Balaban J connectivity index is 2.19. The van der Waals surface area contributed by atoms with Crippen LogP contribution in [-0.2, 0) is 5.88 Å². The Labute approximate surface area is 110 Å². The fraction of sp³-hybridized carbons (Fsp3) is 0.600. The number of nitrogens with zero attached hydrogens (tertiary/aromatic N) is 1. The normalized spacial score (nSPS) is 25.1. The maximum absolute atomic E-state index is 5.90. The number of aryl methyl sites for hydroxylation is 1. The van der Waals surface area contributed by atoms with Gasteiger partial charge in [0.15, 0.2) is 0 Å². The van der Waals surface area contributed by atoms with Gasteiger partial charge in [0.25, 0.3) is 0 Å². The summed E-state index contributed by atoms with van der Waals surface area (Å²) in [6.07, 6.45) is 2.61. The topological polar surface area (TPSA) is 3.24 Å². The predicted octanol–water partition coefficient (Wildman–Crippen LogP) is 4.36. The van der Waals surface area contributed by atoms with Crippen LogP contribution in [0.3, 0.4) is 0 Å². The second-order valence-corrected chi connectivity index (χ2v) is 5.68. The van der Waals surface area contributed by atoms with Crippen LogP contribution >= 0.6 is 11.6 Å². The molecule has 1 heterocycles. The van der Waals surface area contributed by atoms with Crippen molar-refractivity contribution in [2.45, 2.75) is 45.5 Å². The molecule has 1 aliphatic rings. The molecule has 0 amide bonds. The molecule has 0 radical (unpaired) electrons. The molecule has 1 aromatic carbocycles. The molecule has 17 heavy (non-hydrogen) atoms. The van der Waals surface area contributed by atoms with Crippen LogP contribution < -0.4 is 4.90 Å². The van der Waals surface area contributed by atoms with Crippen LogP contribution in [0.15, 0.2) is 18.2 Å². The standard InChI is InChI=1S/C15H22ClN/c1-11-6-7-17(13(3)8-11)15-5-4-14(10-16)12(2)9-15/h4-5,9,11,13H,6-8,10H2,1-3H3. The highest BCUT2D eigenvalue weighted by molar-refractivity contribution is 6.17. The van der Waals surface area contributed by atoms with Crippen LogP contribution in [-0.4, -0.2) is 12.6 Å². The van der Waals surface area contributed by atoms with Gasteiger partial charge in [-0.25, -0.2) is 0 Å². The van der Waals surface area contributed by atoms with Crippen LogP contribution in [0.1, 0.15) is 37.8 Å². The zero-order valence-electron chi connectivity index (χ0n) is 11.0. The number of anilines is 1. The van der Waals surface area contributed by atoms with Crippen molar-refractivity contribution in [2.24, 2.45) is 5.92 Å². The lowest BCUT2D eigenvalue weighted by molar-refractivity contribution is 0.378. The molecule has 1 nitrogen and oxygen atoms in total. The van der Waals surface area contributed by atoms with E-state index in [2.05, 4.69) is 43.9 Å². The maximum Gasteiger partial charge on any atom is 0.0476 e. The first-order chi connectivity index (χ1) is 8.11. The molecule has 1 aromatic rings. The third-order valence-electron chi connectivity index (χ3n) is 3.94. The summed E-state index contributed by atoms with van der Waals surface area (Å²) >= 11 is 5.90. The maximum atomic E-state index is 5.90. The summed E-state index contributed by atoms with van der Waals surface area (Å²) < 4.78 is 0. The number of halogens is 1. The van der Waals surface area contributed by atoms with Crippen LogP contribution in [0.4, 0.5) is 5.69 Å². The Morgan fingerprint density at radius 3 is 2.71 bits per heavy atom. The van der Waals surface area contributed by atoms with Gasteiger partial charge in [-0.05, 0) is 55.9 Å². The van der Waals surface area contributed by atoms with Crippen LogP contribution in [0.2, 0.25) is 0 Å². The minimum Gasteiger partial charge on any atom is -0.369 e. The number of hydrogen-bond donors (Lipinski definition) is 0. The molecule has 2 atom stereocenters. The highest BCUT2D eigenvalue weighted by Gasteiger charge is 2.23. The molecule has 0 N–H and O–H groups in total. The Kier molecular flexibility index (Phi) is 3.98. The zero-order chi connectivity index (χ0) is 12.4. The number of benzene rings is 1. The van der Waals surface area contributed by atoms with Crippen LogP contribution in [0, 0.1) is 12.8 Å². The Morgan fingerprint density at radius 2 is 2.12 bits per heavy atom. The third kappa shape index (κ3) is 2.77. The van der Waals surface area contributed by atoms with Gasteiger partial charge in [0.1, 0.15) is 0 Å². The smallest absolute Gasteiger partial charge is 0.0476 e. The Morgan fingerprint density at radius 1 is 1.35 bits per heavy atom. The molecule has 0 saturated carbocycles. The highest BCUT2D eigenvalue weighted by atomic mass is 35.5. The van der Waals surface area contributed by atoms with Gasteiger partial charge in [-0.15, -0.1) is 11.6 Å². The van der Waals surface area contributed by atoms with E-state index in [0.29, 0.717) is 11.9 Å². The molecule has 0 aliphatic carbocycles. The highest BCUT2D eigenvalue weighted by Crippen LogP contribution is 2.29. The van der Waals surface area contributed by atoms with E-state index in [-0.39, 0.29) is 0 Å². The average Bonchev–Trinajstić information content (AvgIpc) is 2.29. The molecule has 1 saturated heterocycles. The Bertz CT molecular complexity index is 389. The lowest BCUT2D eigenvalue weighted by Crippen LogP contribution is -2.40. The van der Waals surface area contributed by atoms with Gasteiger partial charge < -0.3 is 4.90 Å². The summed E-state index contributed by atoms with van der Waals surface area (Å²) in [5, 5.41) is 0. The summed E-state index contributed by atoms with van der Waals surface area (Å²) in [6.45, 7) is 8.02. The van der Waals surface area contributed by atoms with Gasteiger partial charge in [0.05, 0.1) is 0 Å². The summed E-state index contributed by atoms with van der Waals surface area (Å²) in [4.78, 5) is 2.53. The molecule has 2 rings (SSSR count). The molecule has 0 spiro atoms. The monoisotopic (exact) mass is 251 g/mol. The van der Waals surface area contributed by atoms with Crippen molar-refractivity contribution in [3.63, 3.8) is 0 Å². The molecular formula is C15H22ClN. The average molecular weight is 252 g/mol. The molecule has 94 valence electrons. The molecule has 0 aromatic heterocycles. The predicted molar refractivity (Wildman–Crippen MR) is 75.9 cm³/mol. The van der Waals surface area contributed by atoms with Gasteiger partial charge in [-0.2, -0.15) is 0 Å². The van der Waals surface area contributed by atoms with Crippen molar-refractivity contribution < 1.29 is 0 Å². The minimum absolute atomic E-state index is 0.610. The van der Waals surface area contributed by atoms with Gasteiger partial charge in [0, 0.05) is 24.2 Å². The van der Waals surface area contributed by atoms with E-state index in [1.54, 1.807) is 0 Å². The van der Waals surface area contributed by atoms with Gasteiger partial charge in [0.2, 0.25) is 0 Å². The molecular weight excluding hydrogens is 230 g/mol.